The Labute approximate surface area is 240 Å². The van der Waals surface area contributed by atoms with Gasteiger partial charge in [0.25, 0.3) is 5.91 Å². The zero-order valence-corrected chi connectivity index (χ0v) is 25.0. The highest BCUT2D eigenvalue weighted by Crippen LogP contribution is 2.28. The molecule has 0 unspecified atom stereocenters. The molecule has 0 bridgehead atoms. The number of nitrogens with one attached hydrogen (secondary N) is 2. The van der Waals surface area contributed by atoms with Gasteiger partial charge in [0.05, 0.1) is 17.8 Å². The van der Waals surface area contributed by atoms with Crippen LogP contribution in [0.15, 0.2) is 77.9 Å². The van der Waals surface area contributed by atoms with Gasteiger partial charge in [-0.05, 0) is 79.9 Å². The number of halogens is 2. The van der Waals surface area contributed by atoms with E-state index >= 15 is 0 Å². The molecule has 0 aliphatic heterocycles. The summed E-state index contributed by atoms with van der Waals surface area (Å²) >= 11 is 4.59. The van der Waals surface area contributed by atoms with Crippen LogP contribution in [0.25, 0.3) is 0 Å². The standard InChI is InChI=1S/C28H30I2N4O2/c1-18(2)25(28(36)33-31-17-19-15-22(29)26(34(3)4)23(30)16-19)32-27(35)24(20-11-7-5-8-12-20)21-13-9-6-10-14-21/h5-18,24-25H,1-4H3,(H,32,35)(H,33,36)/b31-17-/t25-/m1/s1. The largest absolute Gasteiger partial charge is 0.376 e. The molecule has 188 valence electrons. The molecule has 3 aromatic carbocycles. The van der Waals surface area contributed by atoms with Crippen LogP contribution in [0.2, 0.25) is 0 Å². The summed E-state index contributed by atoms with van der Waals surface area (Å²) in [7, 11) is 4.02. The van der Waals surface area contributed by atoms with E-state index in [2.05, 4.69) is 65.9 Å². The summed E-state index contributed by atoms with van der Waals surface area (Å²) in [4.78, 5) is 28.6. The van der Waals surface area contributed by atoms with Gasteiger partial charge in [0, 0.05) is 21.2 Å². The summed E-state index contributed by atoms with van der Waals surface area (Å²) in [5.41, 5.74) is 6.38. The average Bonchev–Trinajstić information content (AvgIpc) is 2.83. The number of hydrazone groups is 1. The van der Waals surface area contributed by atoms with Gasteiger partial charge in [-0.1, -0.05) is 74.5 Å². The van der Waals surface area contributed by atoms with Crippen molar-refractivity contribution in [3.63, 3.8) is 0 Å². The van der Waals surface area contributed by atoms with E-state index in [0.717, 1.165) is 29.5 Å². The van der Waals surface area contributed by atoms with Crippen LogP contribution >= 0.6 is 45.2 Å². The lowest BCUT2D eigenvalue weighted by molar-refractivity contribution is -0.130. The first-order valence-corrected chi connectivity index (χ1v) is 13.7. The maximum absolute atomic E-state index is 13.5. The minimum atomic E-state index is -0.735. The van der Waals surface area contributed by atoms with Gasteiger partial charge in [-0.3, -0.25) is 9.59 Å². The molecule has 3 rings (SSSR count). The van der Waals surface area contributed by atoms with Crippen LogP contribution in [-0.4, -0.2) is 38.2 Å². The van der Waals surface area contributed by atoms with Crippen LogP contribution in [0.5, 0.6) is 0 Å². The second-order valence-electron chi connectivity index (χ2n) is 8.95. The molecule has 0 aromatic heterocycles. The number of carbonyl (C=O) groups is 2. The molecule has 3 aromatic rings. The Kier molecular flexibility index (Phi) is 10.3. The lowest BCUT2D eigenvalue weighted by Crippen LogP contribution is -2.50. The zero-order valence-electron chi connectivity index (χ0n) is 20.7. The van der Waals surface area contributed by atoms with Crippen molar-refractivity contribution in [3.05, 3.63) is 96.6 Å². The van der Waals surface area contributed by atoms with E-state index in [0.29, 0.717) is 0 Å². The van der Waals surface area contributed by atoms with Crippen molar-refractivity contribution in [2.24, 2.45) is 11.0 Å². The van der Waals surface area contributed by atoms with E-state index in [-0.39, 0.29) is 17.7 Å². The van der Waals surface area contributed by atoms with E-state index in [1.54, 1.807) is 6.21 Å². The maximum atomic E-state index is 13.5. The van der Waals surface area contributed by atoms with Crippen molar-refractivity contribution in [2.45, 2.75) is 25.8 Å². The summed E-state index contributed by atoms with van der Waals surface area (Å²) in [5, 5.41) is 7.14. The maximum Gasteiger partial charge on any atom is 0.262 e. The van der Waals surface area contributed by atoms with Crippen molar-refractivity contribution in [1.82, 2.24) is 10.7 Å². The van der Waals surface area contributed by atoms with E-state index in [9.17, 15) is 9.59 Å². The fourth-order valence-corrected chi connectivity index (χ4v) is 6.67. The molecule has 6 nitrogen and oxygen atoms in total. The Morgan fingerprint density at radius 1 is 0.861 bits per heavy atom. The lowest BCUT2D eigenvalue weighted by Gasteiger charge is -2.24. The summed E-state index contributed by atoms with van der Waals surface area (Å²) in [6.07, 6.45) is 1.62. The fourth-order valence-electron chi connectivity index (χ4n) is 3.88. The van der Waals surface area contributed by atoms with Crippen LogP contribution in [0.3, 0.4) is 0 Å². The highest BCUT2D eigenvalue weighted by Gasteiger charge is 2.29. The third kappa shape index (κ3) is 7.28. The lowest BCUT2D eigenvalue weighted by atomic mass is 9.89. The quantitative estimate of drug-likeness (QED) is 0.178. The van der Waals surface area contributed by atoms with Gasteiger partial charge in [0.15, 0.2) is 0 Å². The van der Waals surface area contributed by atoms with Crippen molar-refractivity contribution >= 4 is 68.9 Å². The van der Waals surface area contributed by atoms with Crippen molar-refractivity contribution < 1.29 is 9.59 Å². The Balaban J connectivity index is 1.76. The molecule has 0 saturated heterocycles. The molecular formula is C28H30I2N4O2. The minimum Gasteiger partial charge on any atom is -0.376 e. The molecule has 0 aliphatic rings. The predicted molar refractivity (Wildman–Crippen MR) is 163 cm³/mol. The molecule has 2 N–H and O–H groups in total. The summed E-state index contributed by atoms with van der Waals surface area (Å²) in [6.45, 7) is 3.80. The average molecular weight is 708 g/mol. The van der Waals surface area contributed by atoms with Crippen LogP contribution in [0, 0.1) is 13.1 Å². The molecule has 0 heterocycles. The first-order valence-electron chi connectivity index (χ1n) is 11.6. The number of rotatable bonds is 9. The molecule has 2 amide bonds. The molecule has 0 saturated carbocycles. The Bertz CT molecular complexity index is 1150. The highest BCUT2D eigenvalue weighted by molar-refractivity contribution is 14.1. The number of hydrogen-bond donors (Lipinski definition) is 2. The SMILES string of the molecule is CC(C)[C@@H](NC(=O)C(c1ccccc1)c1ccccc1)C(=O)N/N=C\c1cc(I)c(N(C)C)c(I)c1. The first-order chi connectivity index (χ1) is 17.2. The minimum absolute atomic E-state index is 0.127. The van der Waals surface area contributed by atoms with Crippen molar-refractivity contribution in [1.29, 1.82) is 0 Å². The second kappa shape index (κ2) is 13.2. The van der Waals surface area contributed by atoms with Gasteiger partial charge in [0.2, 0.25) is 5.91 Å². The number of benzene rings is 3. The van der Waals surface area contributed by atoms with Gasteiger partial charge in [-0.2, -0.15) is 5.10 Å². The molecule has 0 aliphatic carbocycles. The van der Waals surface area contributed by atoms with Crippen molar-refractivity contribution in [2.75, 3.05) is 19.0 Å². The molecular weight excluding hydrogens is 678 g/mol. The van der Waals surface area contributed by atoms with Crippen molar-refractivity contribution in [3.8, 4) is 0 Å². The third-order valence-corrected chi connectivity index (χ3v) is 7.29. The van der Waals surface area contributed by atoms with Crippen LogP contribution in [0.1, 0.15) is 36.5 Å². The van der Waals surface area contributed by atoms with Crippen LogP contribution in [0.4, 0.5) is 5.69 Å². The molecule has 8 heteroatoms. The smallest absolute Gasteiger partial charge is 0.262 e. The van der Waals surface area contributed by atoms with Crippen LogP contribution < -0.4 is 15.6 Å². The van der Waals surface area contributed by atoms with E-state index in [1.807, 2.05) is 101 Å². The second-order valence-corrected chi connectivity index (χ2v) is 11.3. The summed E-state index contributed by atoms with van der Waals surface area (Å²) in [5.74, 6) is -1.24. The van der Waals surface area contributed by atoms with E-state index in [1.165, 1.54) is 0 Å². The summed E-state index contributed by atoms with van der Waals surface area (Å²) < 4.78 is 2.19. The molecule has 0 spiro atoms. The van der Waals surface area contributed by atoms with Crippen LogP contribution in [-0.2, 0) is 9.59 Å². The Morgan fingerprint density at radius 3 is 1.81 bits per heavy atom. The Morgan fingerprint density at radius 2 is 1.36 bits per heavy atom. The topological polar surface area (TPSA) is 73.8 Å². The van der Waals surface area contributed by atoms with Gasteiger partial charge in [-0.25, -0.2) is 5.43 Å². The predicted octanol–water partition coefficient (Wildman–Crippen LogP) is 5.38. The normalized spacial score (nSPS) is 12.1. The number of carbonyl (C=O) groups excluding carboxylic acids is 2. The highest BCUT2D eigenvalue weighted by atomic mass is 127. The zero-order chi connectivity index (χ0) is 26.2. The Hall–Kier alpha value is -2.47. The molecule has 0 radical (unpaired) electrons. The first kappa shape index (κ1) is 28.1. The number of anilines is 1. The van der Waals surface area contributed by atoms with E-state index in [4.69, 9.17) is 0 Å². The third-order valence-electron chi connectivity index (χ3n) is 5.65. The number of nitrogens with zero attached hydrogens (tertiary/aromatic N) is 2. The van der Waals surface area contributed by atoms with Gasteiger partial charge >= 0.3 is 0 Å². The molecule has 0 fully saturated rings. The monoisotopic (exact) mass is 708 g/mol. The fraction of sp³-hybridized carbons (Fsp3) is 0.250. The van der Waals surface area contributed by atoms with Gasteiger partial charge < -0.3 is 10.2 Å². The van der Waals surface area contributed by atoms with E-state index < -0.39 is 12.0 Å². The van der Waals surface area contributed by atoms with Gasteiger partial charge in [-0.15, -0.1) is 0 Å². The number of hydrogen-bond acceptors (Lipinski definition) is 4. The number of amides is 2. The molecule has 1 atom stereocenters. The summed E-state index contributed by atoms with van der Waals surface area (Å²) in [6, 6.07) is 22.5. The van der Waals surface area contributed by atoms with Gasteiger partial charge in [0.1, 0.15) is 6.04 Å². The molecule has 36 heavy (non-hydrogen) atoms.